The van der Waals surface area contributed by atoms with E-state index in [9.17, 15) is 4.79 Å². The highest BCUT2D eigenvalue weighted by atomic mass is 35.5. The van der Waals surface area contributed by atoms with Gasteiger partial charge in [0.1, 0.15) is 11.4 Å². The van der Waals surface area contributed by atoms with Gasteiger partial charge in [-0.25, -0.2) is 4.79 Å². The largest absolute Gasteiger partial charge is 0.359 e. The van der Waals surface area contributed by atoms with Crippen LogP contribution in [0, 0.1) is 0 Å². The lowest BCUT2D eigenvalue weighted by Crippen LogP contribution is -2.31. The first-order valence-electron chi connectivity index (χ1n) is 10.1. The molecule has 0 bridgehead atoms. The summed E-state index contributed by atoms with van der Waals surface area (Å²) < 4.78 is 0. The number of aromatic nitrogens is 3. The smallest absolute Gasteiger partial charge is 0.335 e. The lowest BCUT2D eigenvalue weighted by molar-refractivity contribution is 0.236. The molecular formula is C22H22Cl4N4O. The summed E-state index contributed by atoms with van der Waals surface area (Å²) in [5, 5.41) is 13.5. The van der Waals surface area contributed by atoms with Crippen LogP contribution >= 0.6 is 46.4 Å². The van der Waals surface area contributed by atoms with E-state index in [0.29, 0.717) is 49.2 Å². The molecule has 0 spiro atoms. The number of halogens is 4. The van der Waals surface area contributed by atoms with E-state index >= 15 is 0 Å². The Bertz CT molecular complexity index is 999. The number of carbonyl (C=O) groups excluding carboxylic acids is 1. The van der Waals surface area contributed by atoms with Gasteiger partial charge in [0.2, 0.25) is 0 Å². The molecule has 0 atom stereocenters. The van der Waals surface area contributed by atoms with Crippen molar-refractivity contribution in [3.8, 4) is 22.5 Å². The molecule has 164 valence electrons. The molecule has 9 heteroatoms. The average molecular weight is 500 g/mol. The molecule has 3 rings (SSSR count). The summed E-state index contributed by atoms with van der Waals surface area (Å²) >= 11 is 24.9. The van der Waals surface area contributed by atoms with Crippen LogP contribution in [-0.2, 0) is 0 Å². The number of carbonyl (C=O) groups is 1. The van der Waals surface area contributed by atoms with Gasteiger partial charge in [0.15, 0.2) is 0 Å². The predicted octanol–water partition coefficient (Wildman–Crippen LogP) is 7.75. The second kappa shape index (κ2) is 11.2. The van der Waals surface area contributed by atoms with Crippen molar-refractivity contribution in [1.29, 1.82) is 0 Å². The molecule has 0 aliphatic carbocycles. The molecule has 0 saturated heterocycles. The van der Waals surface area contributed by atoms with Gasteiger partial charge in [-0.3, -0.25) is 0 Å². The van der Waals surface area contributed by atoms with Crippen LogP contribution in [0.4, 0.5) is 4.79 Å². The molecule has 0 radical (unpaired) electrons. The zero-order valence-electron chi connectivity index (χ0n) is 17.0. The van der Waals surface area contributed by atoms with Gasteiger partial charge in [0, 0.05) is 27.7 Å². The van der Waals surface area contributed by atoms with E-state index in [0.717, 1.165) is 24.1 Å². The highest BCUT2D eigenvalue weighted by molar-refractivity contribution is 6.37. The summed E-state index contributed by atoms with van der Waals surface area (Å²) in [4.78, 5) is 13.7. The Hall–Kier alpha value is -1.79. The number of nitrogens with one attached hydrogen (secondary N) is 1. The maximum absolute atomic E-state index is 12.7. The SMILES string of the molecule is CCCCCCCNC(=O)n1nc(-c2ccc(Cl)cc2Cl)c(-c2ccc(Cl)cc2Cl)n1. The summed E-state index contributed by atoms with van der Waals surface area (Å²) in [5.74, 6) is 0. The van der Waals surface area contributed by atoms with E-state index < -0.39 is 6.03 Å². The highest BCUT2D eigenvalue weighted by Gasteiger charge is 2.22. The summed E-state index contributed by atoms with van der Waals surface area (Å²) in [6.45, 7) is 2.72. The highest BCUT2D eigenvalue weighted by Crippen LogP contribution is 2.38. The molecule has 1 aromatic heterocycles. The van der Waals surface area contributed by atoms with Crippen LogP contribution in [0.15, 0.2) is 36.4 Å². The van der Waals surface area contributed by atoms with Gasteiger partial charge in [-0.15, -0.1) is 10.2 Å². The Morgan fingerprint density at radius 2 is 1.35 bits per heavy atom. The minimum Gasteiger partial charge on any atom is -0.335 e. The third-order valence-electron chi connectivity index (χ3n) is 4.72. The first-order chi connectivity index (χ1) is 14.9. The van der Waals surface area contributed by atoms with Gasteiger partial charge in [0.25, 0.3) is 0 Å². The number of rotatable bonds is 8. The maximum Gasteiger partial charge on any atom is 0.359 e. The quantitative estimate of drug-likeness (QED) is 0.322. The zero-order valence-corrected chi connectivity index (χ0v) is 20.0. The van der Waals surface area contributed by atoms with Gasteiger partial charge in [-0.05, 0) is 42.8 Å². The van der Waals surface area contributed by atoms with Crippen molar-refractivity contribution in [3.63, 3.8) is 0 Å². The fraction of sp³-hybridized carbons (Fsp3) is 0.318. The molecule has 0 saturated carbocycles. The van der Waals surface area contributed by atoms with Gasteiger partial charge in [-0.1, -0.05) is 83.8 Å². The Labute approximate surface area is 201 Å². The van der Waals surface area contributed by atoms with Crippen molar-refractivity contribution >= 4 is 52.4 Å². The summed E-state index contributed by atoms with van der Waals surface area (Å²) in [7, 11) is 0. The average Bonchev–Trinajstić information content (AvgIpc) is 3.15. The Balaban J connectivity index is 1.92. The van der Waals surface area contributed by atoms with Gasteiger partial charge < -0.3 is 5.32 Å². The van der Waals surface area contributed by atoms with Crippen molar-refractivity contribution in [3.05, 3.63) is 56.5 Å². The van der Waals surface area contributed by atoms with Gasteiger partial charge in [-0.2, -0.15) is 0 Å². The third kappa shape index (κ3) is 6.13. The lowest BCUT2D eigenvalue weighted by Gasteiger charge is -2.06. The molecule has 0 fully saturated rings. The van der Waals surface area contributed by atoms with E-state index in [-0.39, 0.29) is 0 Å². The maximum atomic E-state index is 12.7. The molecule has 0 aliphatic heterocycles. The Morgan fingerprint density at radius 3 is 1.84 bits per heavy atom. The predicted molar refractivity (Wildman–Crippen MR) is 128 cm³/mol. The van der Waals surface area contributed by atoms with Crippen LogP contribution in [0.25, 0.3) is 22.5 Å². The van der Waals surface area contributed by atoms with Gasteiger partial charge >= 0.3 is 6.03 Å². The van der Waals surface area contributed by atoms with Crippen LogP contribution in [0.5, 0.6) is 0 Å². The molecule has 1 N–H and O–H groups in total. The Kier molecular flexibility index (Phi) is 8.61. The Morgan fingerprint density at radius 1 is 0.839 bits per heavy atom. The monoisotopic (exact) mass is 498 g/mol. The summed E-state index contributed by atoms with van der Waals surface area (Å²) in [6.07, 6.45) is 5.50. The molecule has 2 aromatic carbocycles. The first-order valence-corrected chi connectivity index (χ1v) is 11.6. The third-order valence-corrected chi connectivity index (χ3v) is 5.82. The normalized spacial score (nSPS) is 11.0. The molecule has 0 aliphatic rings. The van der Waals surface area contributed by atoms with E-state index in [1.54, 1.807) is 36.4 Å². The van der Waals surface area contributed by atoms with E-state index in [2.05, 4.69) is 22.4 Å². The van der Waals surface area contributed by atoms with Crippen molar-refractivity contribution in [1.82, 2.24) is 20.3 Å². The van der Waals surface area contributed by atoms with Crippen LogP contribution < -0.4 is 5.32 Å². The molecule has 3 aromatic rings. The fourth-order valence-electron chi connectivity index (χ4n) is 3.12. The fourth-order valence-corrected chi connectivity index (χ4v) is 4.11. The number of hydrogen-bond donors (Lipinski definition) is 1. The molecular weight excluding hydrogens is 478 g/mol. The molecule has 5 nitrogen and oxygen atoms in total. The molecule has 1 heterocycles. The number of hydrogen-bond acceptors (Lipinski definition) is 3. The first kappa shape index (κ1) is 23.9. The van der Waals surface area contributed by atoms with Crippen LogP contribution in [-0.4, -0.2) is 27.6 Å². The summed E-state index contributed by atoms with van der Waals surface area (Å²) in [6, 6.07) is 9.67. The summed E-state index contributed by atoms with van der Waals surface area (Å²) in [5.41, 5.74) is 2.02. The van der Waals surface area contributed by atoms with Crippen molar-refractivity contribution in [2.45, 2.75) is 39.0 Å². The lowest BCUT2D eigenvalue weighted by atomic mass is 10.0. The number of unbranched alkanes of at least 4 members (excludes halogenated alkanes) is 4. The topological polar surface area (TPSA) is 59.8 Å². The van der Waals surface area contributed by atoms with Crippen LogP contribution in [0.3, 0.4) is 0 Å². The molecule has 31 heavy (non-hydrogen) atoms. The van der Waals surface area contributed by atoms with Crippen LogP contribution in [0.2, 0.25) is 20.1 Å². The molecule has 0 unspecified atom stereocenters. The second-order valence-corrected chi connectivity index (χ2v) is 8.77. The second-order valence-electron chi connectivity index (χ2n) is 7.08. The van der Waals surface area contributed by atoms with E-state index in [1.807, 2.05) is 0 Å². The minimum atomic E-state index is -0.418. The van der Waals surface area contributed by atoms with Crippen molar-refractivity contribution in [2.75, 3.05) is 6.54 Å². The molecule has 1 amide bonds. The zero-order chi connectivity index (χ0) is 22.4. The standard InChI is InChI=1S/C22H22Cl4N4O/c1-2-3-4-5-6-11-27-22(31)30-28-20(16-9-7-14(23)12-18(16)25)21(29-30)17-10-8-15(24)13-19(17)26/h7-10,12-13H,2-6,11H2,1H3,(H,27,31). The van der Waals surface area contributed by atoms with E-state index in [1.165, 1.54) is 12.8 Å². The van der Waals surface area contributed by atoms with Crippen LogP contribution in [0.1, 0.15) is 39.0 Å². The number of amides is 1. The van der Waals surface area contributed by atoms with Crippen molar-refractivity contribution in [2.24, 2.45) is 0 Å². The number of nitrogens with zero attached hydrogens (tertiary/aromatic N) is 3. The van der Waals surface area contributed by atoms with E-state index in [4.69, 9.17) is 46.4 Å². The van der Waals surface area contributed by atoms with Crippen molar-refractivity contribution < 1.29 is 4.79 Å². The number of benzene rings is 2. The minimum absolute atomic E-state index is 0.391. The van der Waals surface area contributed by atoms with Gasteiger partial charge in [0.05, 0.1) is 10.0 Å².